The van der Waals surface area contributed by atoms with Crippen molar-refractivity contribution in [2.24, 2.45) is 0 Å². The highest BCUT2D eigenvalue weighted by Gasteiger charge is 2.16. The van der Waals surface area contributed by atoms with Crippen LogP contribution >= 0.6 is 15.9 Å². The molecule has 0 amide bonds. The molecule has 1 aromatic carbocycles. The number of likely N-dealkylation sites (N-methyl/N-ethyl adjacent to an activating group) is 1. The third-order valence-electron chi connectivity index (χ3n) is 2.46. The quantitative estimate of drug-likeness (QED) is 0.926. The van der Waals surface area contributed by atoms with Gasteiger partial charge in [0, 0.05) is 10.5 Å². The fraction of sp³-hybridized carbons (Fsp3) is 0.364. The molecule has 0 spiro atoms. The Morgan fingerprint density at radius 2 is 2.25 bits per heavy atom. The Labute approximate surface area is 102 Å². The molecule has 0 aromatic heterocycles. The normalized spacial score (nSPS) is 12.8. The average Bonchev–Trinajstić information content (AvgIpc) is 2.15. The molecule has 1 unspecified atom stereocenters. The molecule has 0 saturated carbocycles. The molecule has 0 bridgehead atoms. The van der Waals surface area contributed by atoms with Crippen molar-refractivity contribution in [1.82, 2.24) is 4.90 Å². The topological polar surface area (TPSA) is 40.5 Å². The number of nitrogens with zero attached hydrogens (tertiary/aromatic N) is 1. The van der Waals surface area contributed by atoms with Crippen LogP contribution in [-0.4, -0.2) is 29.6 Å². The van der Waals surface area contributed by atoms with Gasteiger partial charge in [-0.1, -0.05) is 22.0 Å². The molecule has 0 heterocycles. The highest BCUT2D eigenvalue weighted by atomic mass is 79.9. The molecule has 5 heteroatoms. The fourth-order valence-electron chi connectivity index (χ4n) is 1.43. The molecule has 0 radical (unpaired) electrons. The van der Waals surface area contributed by atoms with E-state index in [0.717, 1.165) is 5.56 Å². The van der Waals surface area contributed by atoms with E-state index >= 15 is 0 Å². The third-order valence-corrected chi connectivity index (χ3v) is 3.15. The molecular formula is C11H13BrFNO2. The summed E-state index contributed by atoms with van der Waals surface area (Å²) < 4.78 is 13.5. The average molecular weight is 290 g/mol. The summed E-state index contributed by atoms with van der Waals surface area (Å²) in [5, 5.41) is 8.68. The monoisotopic (exact) mass is 289 g/mol. The second-order valence-electron chi connectivity index (χ2n) is 3.65. The minimum Gasteiger partial charge on any atom is -0.480 e. The van der Waals surface area contributed by atoms with E-state index in [2.05, 4.69) is 15.9 Å². The van der Waals surface area contributed by atoms with Crippen LogP contribution in [0.1, 0.15) is 18.5 Å². The van der Waals surface area contributed by atoms with Gasteiger partial charge in [0.15, 0.2) is 0 Å². The summed E-state index contributed by atoms with van der Waals surface area (Å²) in [5.41, 5.74) is 0.866. The Morgan fingerprint density at radius 3 is 2.75 bits per heavy atom. The molecule has 1 atom stereocenters. The molecular weight excluding hydrogens is 277 g/mol. The Hall–Kier alpha value is -0.940. The van der Waals surface area contributed by atoms with Crippen LogP contribution in [0.2, 0.25) is 0 Å². The van der Waals surface area contributed by atoms with Gasteiger partial charge in [-0.15, -0.1) is 0 Å². The van der Waals surface area contributed by atoms with Crippen LogP contribution in [0.15, 0.2) is 22.7 Å². The number of hydrogen-bond donors (Lipinski definition) is 1. The lowest BCUT2D eigenvalue weighted by molar-refractivity contribution is -0.138. The van der Waals surface area contributed by atoms with Crippen molar-refractivity contribution in [3.8, 4) is 0 Å². The number of carboxylic acid groups (broad SMARTS) is 1. The van der Waals surface area contributed by atoms with Gasteiger partial charge in [0.2, 0.25) is 0 Å². The summed E-state index contributed by atoms with van der Waals surface area (Å²) in [6.07, 6.45) is 0. The van der Waals surface area contributed by atoms with E-state index in [9.17, 15) is 9.18 Å². The van der Waals surface area contributed by atoms with E-state index in [4.69, 9.17) is 5.11 Å². The molecule has 0 aliphatic heterocycles. The highest BCUT2D eigenvalue weighted by Crippen LogP contribution is 2.27. The summed E-state index contributed by atoms with van der Waals surface area (Å²) in [5.74, 6) is -1.20. The van der Waals surface area contributed by atoms with Crippen LogP contribution in [-0.2, 0) is 4.79 Å². The van der Waals surface area contributed by atoms with Crippen molar-refractivity contribution in [3.63, 3.8) is 0 Å². The summed E-state index contributed by atoms with van der Waals surface area (Å²) in [7, 11) is 1.72. The fourth-order valence-corrected chi connectivity index (χ4v) is 2.11. The van der Waals surface area contributed by atoms with Gasteiger partial charge in [-0.3, -0.25) is 9.69 Å². The minimum absolute atomic E-state index is 0.0506. The van der Waals surface area contributed by atoms with Crippen LogP contribution in [0.4, 0.5) is 4.39 Å². The number of carbonyl (C=O) groups is 1. The first-order valence-corrected chi connectivity index (χ1v) is 5.58. The summed E-state index contributed by atoms with van der Waals surface area (Å²) in [6, 6.07) is 4.31. The molecule has 1 aromatic rings. The molecule has 0 aliphatic carbocycles. The van der Waals surface area contributed by atoms with E-state index in [1.54, 1.807) is 18.0 Å². The van der Waals surface area contributed by atoms with Gasteiger partial charge in [-0.25, -0.2) is 4.39 Å². The maximum atomic E-state index is 12.9. The van der Waals surface area contributed by atoms with Crippen molar-refractivity contribution in [1.29, 1.82) is 0 Å². The Kier molecular flexibility index (Phi) is 4.44. The number of halogens is 2. The molecule has 3 nitrogen and oxygen atoms in total. The molecule has 0 aliphatic rings. The second kappa shape index (κ2) is 5.41. The summed E-state index contributed by atoms with van der Waals surface area (Å²) in [6.45, 7) is 1.83. The van der Waals surface area contributed by atoms with E-state index in [-0.39, 0.29) is 18.4 Å². The number of hydrogen-bond acceptors (Lipinski definition) is 2. The van der Waals surface area contributed by atoms with Crippen molar-refractivity contribution in [3.05, 3.63) is 34.1 Å². The van der Waals surface area contributed by atoms with Crippen molar-refractivity contribution >= 4 is 21.9 Å². The van der Waals surface area contributed by atoms with Gasteiger partial charge in [0.25, 0.3) is 0 Å². The SMILES string of the molecule is CC(c1ccc(F)cc1Br)N(C)CC(=O)O. The van der Waals surface area contributed by atoms with Gasteiger partial charge < -0.3 is 5.11 Å². The van der Waals surface area contributed by atoms with E-state index in [0.29, 0.717) is 4.47 Å². The predicted molar refractivity (Wildman–Crippen MR) is 62.8 cm³/mol. The predicted octanol–water partition coefficient (Wildman–Crippen LogP) is 2.67. The molecule has 1 rings (SSSR count). The summed E-state index contributed by atoms with van der Waals surface area (Å²) in [4.78, 5) is 12.3. The number of aliphatic carboxylic acids is 1. The maximum Gasteiger partial charge on any atom is 0.317 e. The van der Waals surface area contributed by atoms with Crippen molar-refractivity contribution < 1.29 is 14.3 Å². The van der Waals surface area contributed by atoms with Crippen LogP contribution in [0.3, 0.4) is 0 Å². The Bertz CT molecular complexity index is 398. The zero-order valence-electron chi connectivity index (χ0n) is 9.08. The van der Waals surface area contributed by atoms with Crippen LogP contribution < -0.4 is 0 Å². The van der Waals surface area contributed by atoms with Gasteiger partial charge >= 0.3 is 5.97 Å². The standard InChI is InChI=1S/C11H13BrFNO2/c1-7(14(2)6-11(15)16)9-4-3-8(13)5-10(9)12/h3-5,7H,6H2,1-2H3,(H,15,16). The number of carboxylic acids is 1. The zero-order valence-corrected chi connectivity index (χ0v) is 10.7. The molecule has 1 N–H and O–H groups in total. The lowest BCUT2D eigenvalue weighted by Gasteiger charge is -2.24. The minimum atomic E-state index is -0.882. The number of rotatable bonds is 4. The highest BCUT2D eigenvalue weighted by molar-refractivity contribution is 9.10. The Balaban J connectivity index is 2.87. The van der Waals surface area contributed by atoms with Gasteiger partial charge in [-0.05, 0) is 31.7 Å². The zero-order chi connectivity index (χ0) is 12.3. The van der Waals surface area contributed by atoms with Crippen molar-refractivity contribution in [2.45, 2.75) is 13.0 Å². The van der Waals surface area contributed by atoms with E-state index in [1.807, 2.05) is 6.92 Å². The summed E-state index contributed by atoms with van der Waals surface area (Å²) >= 11 is 3.27. The van der Waals surface area contributed by atoms with Gasteiger partial charge in [-0.2, -0.15) is 0 Å². The van der Waals surface area contributed by atoms with Gasteiger partial charge in [0.1, 0.15) is 5.82 Å². The van der Waals surface area contributed by atoms with Gasteiger partial charge in [0.05, 0.1) is 6.54 Å². The molecule has 0 fully saturated rings. The van der Waals surface area contributed by atoms with E-state index < -0.39 is 5.97 Å². The second-order valence-corrected chi connectivity index (χ2v) is 4.50. The van der Waals surface area contributed by atoms with Crippen molar-refractivity contribution in [2.75, 3.05) is 13.6 Å². The Morgan fingerprint density at radius 1 is 1.62 bits per heavy atom. The maximum absolute atomic E-state index is 12.9. The largest absolute Gasteiger partial charge is 0.480 e. The molecule has 88 valence electrons. The van der Waals surface area contributed by atoms with Crippen LogP contribution in [0, 0.1) is 5.82 Å². The first-order chi connectivity index (χ1) is 7.41. The number of benzene rings is 1. The molecule has 0 saturated heterocycles. The first kappa shape index (κ1) is 13.1. The molecule has 16 heavy (non-hydrogen) atoms. The third kappa shape index (κ3) is 3.28. The first-order valence-electron chi connectivity index (χ1n) is 4.78. The van der Waals surface area contributed by atoms with Crippen LogP contribution in [0.25, 0.3) is 0 Å². The lowest BCUT2D eigenvalue weighted by Crippen LogP contribution is -2.28. The van der Waals surface area contributed by atoms with Crippen LogP contribution in [0.5, 0.6) is 0 Å². The van der Waals surface area contributed by atoms with E-state index in [1.165, 1.54) is 12.1 Å². The smallest absolute Gasteiger partial charge is 0.317 e. The lowest BCUT2D eigenvalue weighted by atomic mass is 10.1.